The van der Waals surface area contributed by atoms with Gasteiger partial charge in [0.25, 0.3) is 0 Å². The van der Waals surface area contributed by atoms with Gasteiger partial charge in [0.1, 0.15) is 0 Å². The van der Waals surface area contributed by atoms with Crippen LogP contribution in [0.5, 0.6) is 0 Å². The van der Waals surface area contributed by atoms with Crippen LogP contribution in [0.1, 0.15) is 42.9 Å². The van der Waals surface area contributed by atoms with Gasteiger partial charge in [0, 0.05) is 11.9 Å². The number of ether oxygens (including phenoxy) is 1. The monoisotopic (exact) mass is 293 g/mol. The maximum absolute atomic E-state index is 6.15. The Morgan fingerprint density at radius 3 is 2.75 bits per heavy atom. The van der Waals surface area contributed by atoms with E-state index < -0.39 is 0 Å². The molecule has 1 atom stereocenters. The topological polar surface area (TPSA) is 21.3 Å². The Balaban J connectivity index is 1.47. The third-order valence-corrected chi connectivity index (χ3v) is 5.07. The summed E-state index contributed by atoms with van der Waals surface area (Å²) in [6.45, 7) is 2.88. The molecule has 1 aliphatic carbocycles. The molecule has 2 aliphatic rings. The molecule has 0 aromatic heterocycles. The average molecular weight is 294 g/mol. The number of rotatable bonds is 4. The van der Waals surface area contributed by atoms with Crippen LogP contribution >= 0.6 is 11.6 Å². The summed E-state index contributed by atoms with van der Waals surface area (Å²) in [5.74, 6) is 0.795. The summed E-state index contributed by atoms with van der Waals surface area (Å²) in [6.07, 6.45) is 6.16. The second-order valence-electron chi connectivity index (χ2n) is 6.08. The van der Waals surface area contributed by atoms with Crippen molar-refractivity contribution in [1.29, 1.82) is 0 Å². The second-order valence-corrected chi connectivity index (χ2v) is 6.70. The van der Waals surface area contributed by atoms with E-state index in [1.165, 1.54) is 36.8 Å². The summed E-state index contributed by atoms with van der Waals surface area (Å²) < 4.78 is 5.93. The Labute approximate surface area is 126 Å². The van der Waals surface area contributed by atoms with Crippen molar-refractivity contribution >= 4 is 11.6 Å². The summed E-state index contributed by atoms with van der Waals surface area (Å²) in [5.41, 5.74) is 2.82. The fourth-order valence-corrected chi connectivity index (χ4v) is 3.64. The van der Waals surface area contributed by atoms with Crippen molar-refractivity contribution in [2.24, 2.45) is 5.92 Å². The molecule has 1 aromatic carbocycles. The van der Waals surface area contributed by atoms with Gasteiger partial charge in [0.2, 0.25) is 0 Å². The summed E-state index contributed by atoms with van der Waals surface area (Å²) in [7, 11) is 0. The van der Waals surface area contributed by atoms with Gasteiger partial charge in [0.15, 0.2) is 0 Å². The van der Waals surface area contributed by atoms with Gasteiger partial charge in [-0.3, -0.25) is 0 Å². The standard InChI is InChI=1S/C17H24ClNO/c18-15-7-5-13(6-8-15)11-19-12-17-16-4-2-1-3-14(16)9-10-20-17/h1-4,13,15,17,19H,5-12H2. The molecule has 0 bridgehead atoms. The van der Waals surface area contributed by atoms with E-state index in [1.807, 2.05) is 0 Å². The molecular weight excluding hydrogens is 270 g/mol. The molecule has 0 amide bonds. The molecule has 0 saturated heterocycles. The minimum absolute atomic E-state index is 0.226. The molecule has 1 aromatic rings. The maximum Gasteiger partial charge on any atom is 0.0952 e. The van der Waals surface area contributed by atoms with Crippen LogP contribution in [0, 0.1) is 5.92 Å². The van der Waals surface area contributed by atoms with Crippen LogP contribution in [0.2, 0.25) is 0 Å². The lowest BCUT2D eigenvalue weighted by Gasteiger charge is -2.28. The predicted octanol–water partition coefficient (Wildman–Crippen LogP) is 3.69. The molecule has 1 fully saturated rings. The van der Waals surface area contributed by atoms with Crippen molar-refractivity contribution in [3.05, 3.63) is 35.4 Å². The lowest BCUT2D eigenvalue weighted by molar-refractivity contribution is 0.0417. The van der Waals surface area contributed by atoms with Crippen molar-refractivity contribution in [3.8, 4) is 0 Å². The van der Waals surface area contributed by atoms with Gasteiger partial charge in [-0.1, -0.05) is 24.3 Å². The zero-order valence-electron chi connectivity index (χ0n) is 12.0. The van der Waals surface area contributed by atoms with Crippen LogP contribution in [-0.2, 0) is 11.2 Å². The minimum atomic E-state index is 0.226. The summed E-state index contributed by atoms with van der Waals surface area (Å²) >= 11 is 6.15. The number of benzene rings is 1. The Kier molecular flexibility index (Phi) is 4.98. The zero-order chi connectivity index (χ0) is 13.8. The molecular formula is C17H24ClNO. The van der Waals surface area contributed by atoms with Crippen molar-refractivity contribution < 1.29 is 4.74 Å². The number of alkyl halides is 1. The van der Waals surface area contributed by atoms with Crippen LogP contribution in [0.4, 0.5) is 0 Å². The van der Waals surface area contributed by atoms with Crippen molar-refractivity contribution in [2.75, 3.05) is 19.7 Å². The number of hydrogen-bond acceptors (Lipinski definition) is 2. The fraction of sp³-hybridized carbons (Fsp3) is 0.647. The first-order valence-electron chi connectivity index (χ1n) is 7.87. The van der Waals surface area contributed by atoms with Gasteiger partial charge in [-0.25, -0.2) is 0 Å². The average Bonchev–Trinajstić information content (AvgIpc) is 2.49. The predicted molar refractivity (Wildman–Crippen MR) is 83.3 cm³/mol. The van der Waals surface area contributed by atoms with E-state index in [-0.39, 0.29) is 6.10 Å². The lowest BCUT2D eigenvalue weighted by atomic mass is 9.89. The van der Waals surface area contributed by atoms with Crippen LogP contribution in [0.15, 0.2) is 24.3 Å². The zero-order valence-corrected chi connectivity index (χ0v) is 12.7. The summed E-state index contributed by atoms with van der Waals surface area (Å²) in [5, 5.41) is 4.03. The molecule has 20 heavy (non-hydrogen) atoms. The normalized spacial score (nSPS) is 29.9. The molecule has 0 radical (unpaired) electrons. The highest BCUT2D eigenvalue weighted by molar-refractivity contribution is 6.20. The largest absolute Gasteiger partial charge is 0.372 e. The van der Waals surface area contributed by atoms with Gasteiger partial charge in [0.05, 0.1) is 12.7 Å². The van der Waals surface area contributed by atoms with E-state index >= 15 is 0 Å². The number of hydrogen-bond donors (Lipinski definition) is 1. The molecule has 2 nitrogen and oxygen atoms in total. The summed E-state index contributed by atoms with van der Waals surface area (Å²) in [4.78, 5) is 0. The quantitative estimate of drug-likeness (QED) is 0.855. The number of nitrogens with one attached hydrogen (secondary N) is 1. The molecule has 1 saturated carbocycles. The highest BCUT2D eigenvalue weighted by atomic mass is 35.5. The van der Waals surface area contributed by atoms with Gasteiger partial charge in [-0.05, 0) is 55.7 Å². The first kappa shape index (κ1) is 14.4. The van der Waals surface area contributed by atoms with Gasteiger partial charge in [-0.15, -0.1) is 11.6 Å². The third kappa shape index (κ3) is 3.55. The highest BCUT2D eigenvalue weighted by Gasteiger charge is 2.22. The van der Waals surface area contributed by atoms with E-state index in [9.17, 15) is 0 Å². The first-order valence-corrected chi connectivity index (χ1v) is 8.31. The Bertz CT molecular complexity index is 429. The minimum Gasteiger partial charge on any atom is -0.372 e. The molecule has 1 aliphatic heterocycles. The molecule has 1 N–H and O–H groups in total. The Hall–Kier alpha value is -0.570. The van der Waals surface area contributed by atoms with Crippen molar-refractivity contribution in [3.63, 3.8) is 0 Å². The third-order valence-electron chi connectivity index (χ3n) is 4.63. The van der Waals surface area contributed by atoms with Gasteiger partial charge < -0.3 is 10.1 Å². The molecule has 3 rings (SSSR count). The molecule has 110 valence electrons. The molecule has 1 unspecified atom stereocenters. The second kappa shape index (κ2) is 6.93. The van der Waals surface area contributed by atoms with Crippen LogP contribution in [-0.4, -0.2) is 25.1 Å². The highest BCUT2D eigenvalue weighted by Crippen LogP contribution is 2.28. The van der Waals surface area contributed by atoms with Crippen molar-refractivity contribution in [2.45, 2.75) is 43.6 Å². The number of fused-ring (bicyclic) bond motifs is 1. The number of halogens is 1. The van der Waals surface area contributed by atoms with E-state index in [0.29, 0.717) is 5.38 Å². The van der Waals surface area contributed by atoms with Crippen LogP contribution in [0.3, 0.4) is 0 Å². The fourth-order valence-electron chi connectivity index (χ4n) is 3.39. The van der Waals surface area contributed by atoms with E-state index in [0.717, 1.165) is 32.0 Å². The van der Waals surface area contributed by atoms with Crippen LogP contribution in [0.25, 0.3) is 0 Å². The molecule has 1 heterocycles. The van der Waals surface area contributed by atoms with Crippen LogP contribution < -0.4 is 5.32 Å². The van der Waals surface area contributed by atoms with Crippen molar-refractivity contribution in [1.82, 2.24) is 5.32 Å². The van der Waals surface area contributed by atoms with Gasteiger partial charge >= 0.3 is 0 Å². The molecule has 3 heteroatoms. The Morgan fingerprint density at radius 1 is 1.10 bits per heavy atom. The smallest absolute Gasteiger partial charge is 0.0952 e. The van der Waals surface area contributed by atoms with E-state index in [2.05, 4.69) is 29.6 Å². The van der Waals surface area contributed by atoms with Gasteiger partial charge in [-0.2, -0.15) is 0 Å². The SMILES string of the molecule is ClC1CCC(CNCC2OCCc3ccccc32)CC1. The molecule has 0 spiro atoms. The first-order chi connectivity index (χ1) is 9.83. The lowest BCUT2D eigenvalue weighted by Crippen LogP contribution is -2.32. The van der Waals surface area contributed by atoms with E-state index in [1.54, 1.807) is 0 Å². The maximum atomic E-state index is 6.15. The van der Waals surface area contributed by atoms with E-state index in [4.69, 9.17) is 16.3 Å². The Morgan fingerprint density at radius 2 is 1.90 bits per heavy atom. The summed E-state index contributed by atoms with van der Waals surface area (Å²) in [6, 6.07) is 8.67.